The van der Waals surface area contributed by atoms with Gasteiger partial charge in [-0.2, -0.15) is 0 Å². The van der Waals surface area contributed by atoms with Gasteiger partial charge in [0.25, 0.3) is 0 Å². The van der Waals surface area contributed by atoms with Crippen molar-refractivity contribution in [3.05, 3.63) is 76.8 Å². The van der Waals surface area contributed by atoms with Gasteiger partial charge in [-0.25, -0.2) is 4.98 Å². The first-order chi connectivity index (χ1) is 20.6. The molecule has 12 heteroatoms. The number of halogens is 1. The molecule has 0 aliphatic heterocycles. The van der Waals surface area contributed by atoms with Crippen LogP contribution < -0.4 is 14.8 Å². The molecule has 0 bridgehead atoms. The molecule has 4 rings (SSSR count). The van der Waals surface area contributed by atoms with Crippen molar-refractivity contribution in [3.8, 4) is 27.8 Å². The fourth-order valence-electron chi connectivity index (χ4n) is 4.53. The van der Waals surface area contributed by atoms with Gasteiger partial charge < -0.3 is 19.1 Å². The maximum atomic E-state index is 14.0. The lowest BCUT2D eigenvalue weighted by molar-refractivity contribution is -0.145. The number of benzene rings is 2. The van der Waals surface area contributed by atoms with Crippen LogP contribution in [0.15, 0.2) is 66.9 Å². The molecule has 1 N–H and O–H groups in total. The Hall–Kier alpha value is -4.35. The van der Waals surface area contributed by atoms with Crippen LogP contribution in [-0.4, -0.2) is 66.2 Å². The van der Waals surface area contributed by atoms with Crippen molar-refractivity contribution < 1.29 is 28.6 Å². The van der Waals surface area contributed by atoms with Gasteiger partial charge in [0, 0.05) is 17.9 Å². The predicted octanol–water partition coefficient (Wildman–Crippen LogP) is 5.79. The summed E-state index contributed by atoms with van der Waals surface area (Å²) in [4.78, 5) is 46.8. The molecule has 0 radical (unpaired) electrons. The van der Waals surface area contributed by atoms with E-state index in [4.69, 9.17) is 25.8 Å². The van der Waals surface area contributed by atoms with Crippen molar-refractivity contribution in [3.63, 3.8) is 0 Å². The largest absolute Gasteiger partial charge is 0.493 e. The van der Waals surface area contributed by atoms with E-state index < -0.39 is 23.7 Å². The van der Waals surface area contributed by atoms with Crippen LogP contribution in [0.3, 0.4) is 0 Å². The van der Waals surface area contributed by atoms with E-state index in [9.17, 15) is 14.4 Å². The molecule has 2 aromatic carbocycles. The average molecular weight is 625 g/mol. The highest BCUT2D eigenvalue weighted by molar-refractivity contribution is 7.19. The topological polar surface area (TPSA) is 112 Å². The molecular formula is C31H33ClN4O6S. The van der Waals surface area contributed by atoms with Crippen LogP contribution in [0.2, 0.25) is 4.34 Å². The van der Waals surface area contributed by atoms with E-state index in [0.717, 1.165) is 10.6 Å². The number of rotatable bonds is 12. The highest BCUT2D eigenvalue weighted by Crippen LogP contribution is 2.34. The van der Waals surface area contributed by atoms with Crippen LogP contribution in [0.4, 0.5) is 5.95 Å². The quantitative estimate of drug-likeness (QED) is 0.198. The number of hydrogen-bond donors (Lipinski definition) is 1. The lowest BCUT2D eigenvalue weighted by Crippen LogP contribution is -2.45. The van der Waals surface area contributed by atoms with E-state index in [1.165, 1.54) is 37.6 Å². The molecule has 43 heavy (non-hydrogen) atoms. The van der Waals surface area contributed by atoms with E-state index >= 15 is 0 Å². The summed E-state index contributed by atoms with van der Waals surface area (Å²) in [6, 6.07) is 17.8. The molecule has 2 heterocycles. The van der Waals surface area contributed by atoms with Crippen LogP contribution in [0.5, 0.6) is 11.5 Å². The number of hydrogen-bond acceptors (Lipinski definition) is 8. The smallest absolute Gasteiger partial charge is 0.306 e. The van der Waals surface area contributed by atoms with Gasteiger partial charge in [-0.15, -0.1) is 11.3 Å². The summed E-state index contributed by atoms with van der Waals surface area (Å²) in [6.07, 6.45) is 1.60. The second-order valence-electron chi connectivity index (χ2n) is 9.81. The lowest BCUT2D eigenvalue weighted by Gasteiger charge is -2.30. The molecule has 0 saturated carbocycles. The van der Waals surface area contributed by atoms with Crippen molar-refractivity contribution in [2.75, 3.05) is 33.2 Å². The number of ether oxygens (including phenoxy) is 3. The maximum Gasteiger partial charge on any atom is 0.306 e. The molecule has 1 unspecified atom stereocenters. The number of carbonyl (C=O) groups is 3. The minimum absolute atomic E-state index is 0.221. The fraction of sp³-hybridized carbons (Fsp3) is 0.290. The molecule has 0 saturated heterocycles. The SMILES string of the molecule is COC(=O)CC(C(=O)N(CC(=O)Nc1nc(-c2ccc(Cl)s2)cn1-c1ccccc1)C(C)C)c1ccc(OC)c(OC)c1. The van der Waals surface area contributed by atoms with Crippen LogP contribution in [0.25, 0.3) is 16.3 Å². The molecule has 1 atom stereocenters. The number of nitrogens with one attached hydrogen (secondary N) is 1. The number of imidazole rings is 1. The molecule has 4 aromatic rings. The summed E-state index contributed by atoms with van der Waals surface area (Å²) in [5.74, 6) is -1.18. The second kappa shape index (κ2) is 14.2. The zero-order chi connectivity index (χ0) is 31.1. The number of amides is 2. The zero-order valence-corrected chi connectivity index (χ0v) is 26.1. The van der Waals surface area contributed by atoms with Gasteiger partial charge in [0.2, 0.25) is 17.8 Å². The molecular weight excluding hydrogens is 592 g/mol. The molecule has 0 aliphatic carbocycles. The van der Waals surface area contributed by atoms with Crippen molar-refractivity contribution in [2.24, 2.45) is 0 Å². The number of aromatic nitrogens is 2. The molecule has 0 aliphatic rings. The van der Waals surface area contributed by atoms with Crippen LogP contribution in [-0.2, 0) is 19.1 Å². The monoisotopic (exact) mass is 624 g/mol. The summed E-state index contributed by atoms with van der Waals surface area (Å²) in [7, 11) is 4.26. The Balaban J connectivity index is 1.62. The first-order valence-electron chi connectivity index (χ1n) is 13.4. The van der Waals surface area contributed by atoms with Crippen LogP contribution in [0.1, 0.15) is 31.7 Å². The van der Waals surface area contributed by atoms with Gasteiger partial charge in [-0.05, 0) is 55.8 Å². The number of thiophene rings is 1. The Bertz CT molecular complexity index is 1590. The van der Waals surface area contributed by atoms with Crippen molar-refractivity contribution in [1.82, 2.24) is 14.5 Å². The van der Waals surface area contributed by atoms with Crippen LogP contribution in [0, 0.1) is 0 Å². The van der Waals surface area contributed by atoms with E-state index in [2.05, 4.69) is 10.3 Å². The number of nitrogens with zero attached hydrogens (tertiary/aromatic N) is 3. The summed E-state index contributed by atoms with van der Waals surface area (Å²) in [6.45, 7) is 3.33. The molecule has 226 valence electrons. The molecule has 0 fully saturated rings. The second-order valence-corrected chi connectivity index (χ2v) is 11.5. The Morgan fingerprint density at radius 2 is 1.72 bits per heavy atom. The Labute approximate surface area is 259 Å². The first kappa shape index (κ1) is 31.6. The van der Waals surface area contributed by atoms with Gasteiger partial charge in [0.15, 0.2) is 11.5 Å². The molecule has 0 spiro atoms. The Kier molecular flexibility index (Phi) is 10.4. The lowest BCUT2D eigenvalue weighted by atomic mass is 9.93. The number of para-hydroxylation sites is 1. The van der Waals surface area contributed by atoms with Gasteiger partial charge >= 0.3 is 5.97 Å². The normalized spacial score (nSPS) is 11.6. The highest BCUT2D eigenvalue weighted by Gasteiger charge is 2.32. The molecule has 10 nitrogen and oxygen atoms in total. The van der Waals surface area contributed by atoms with Gasteiger partial charge in [0.1, 0.15) is 12.2 Å². The fourth-order valence-corrected chi connectivity index (χ4v) is 5.52. The molecule has 2 aromatic heterocycles. The van der Waals surface area contributed by atoms with Gasteiger partial charge in [0.05, 0.1) is 42.9 Å². The Morgan fingerprint density at radius 1 is 1.00 bits per heavy atom. The summed E-state index contributed by atoms with van der Waals surface area (Å²) in [5.41, 5.74) is 1.96. The van der Waals surface area contributed by atoms with Gasteiger partial charge in [-0.3, -0.25) is 24.3 Å². The van der Waals surface area contributed by atoms with E-state index in [-0.39, 0.29) is 25.0 Å². The number of esters is 1. The van der Waals surface area contributed by atoms with E-state index in [1.807, 2.05) is 42.6 Å². The predicted molar refractivity (Wildman–Crippen MR) is 166 cm³/mol. The Morgan fingerprint density at radius 3 is 2.33 bits per heavy atom. The summed E-state index contributed by atoms with van der Waals surface area (Å²) >= 11 is 7.53. The molecule has 2 amide bonds. The first-order valence-corrected chi connectivity index (χ1v) is 14.6. The number of carbonyl (C=O) groups excluding carboxylic acids is 3. The van der Waals surface area contributed by atoms with Crippen molar-refractivity contribution >= 4 is 46.7 Å². The third-order valence-corrected chi connectivity index (χ3v) is 8.00. The van der Waals surface area contributed by atoms with Crippen molar-refractivity contribution in [2.45, 2.75) is 32.2 Å². The summed E-state index contributed by atoms with van der Waals surface area (Å²) < 4.78 is 18.0. The zero-order valence-electron chi connectivity index (χ0n) is 24.5. The number of methoxy groups -OCH3 is 3. The summed E-state index contributed by atoms with van der Waals surface area (Å²) in [5, 5.41) is 2.87. The average Bonchev–Trinajstić information content (AvgIpc) is 3.64. The number of anilines is 1. The third kappa shape index (κ3) is 7.54. The maximum absolute atomic E-state index is 14.0. The van der Waals surface area contributed by atoms with Gasteiger partial charge in [-0.1, -0.05) is 35.9 Å². The van der Waals surface area contributed by atoms with E-state index in [1.54, 1.807) is 42.7 Å². The standard InChI is InChI=1S/C31H33ClN4O6S/c1-19(2)35(30(39)22(16-29(38)42-5)20-11-12-24(40-3)25(15-20)41-4)18-28(37)34-31-33-23(26-13-14-27(32)43-26)17-36(31)21-9-7-6-8-10-21/h6-15,17,19,22H,16,18H2,1-5H3,(H,33,34,37). The minimum Gasteiger partial charge on any atom is -0.493 e. The van der Waals surface area contributed by atoms with Crippen LogP contribution >= 0.6 is 22.9 Å². The van der Waals surface area contributed by atoms with E-state index in [0.29, 0.717) is 27.1 Å². The minimum atomic E-state index is -0.927. The highest BCUT2D eigenvalue weighted by atomic mass is 35.5. The van der Waals surface area contributed by atoms with Crippen molar-refractivity contribution in [1.29, 1.82) is 0 Å². The third-order valence-electron chi connectivity index (χ3n) is 6.74.